The van der Waals surface area contributed by atoms with Crippen LogP contribution in [0.1, 0.15) is 27.2 Å². The summed E-state index contributed by atoms with van der Waals surface area (Å²) in [6.45, 7) is 4.99. The quantitative estimate of drug-likeness (QED) is 0.772. The standard InChI is InChI=1S/C16H20N2O6/c1-16(2,3)24-15(22)18-10(14(20)21)8-12-13(19)17-9-6-4-5-7-11(9)23-12/h4-7,10,12H,8H2,1-3H3,(H,17,19)(H,18,22)(H,20,21)/t10?,12-/m0/s1. The molecule has 0 fully saturated rings. The largest absolute Gasteiger partial charge is 0.480 e. The van der Waals surface area contributed by atoms with Crippen molar-refractivity contribution in [3.05, 3.63) is 24.3 Å². The number of fused-ring (bicyclic) bond motifs is 1. The maximum Gasteiger partial charge on any atom is 0.408 e. The van der Waals surface area contributed by atoms with E-state index in [1.807, 2.05) is 0 Å². The number of carbonyl (C=O) groups is 3. The van der Waals surface area contributed by atoms with Crippen LogP contribution in [0.2, 0.25) is 0 Å². The molecule has 0 saturated heterocycles. The highest BCUT2D eigenvalue weighted by atomic mass is 16.6. The summed E-state index contributed by atoms with van der Waals surface area (Å²) < 4.78 is 10.6. The van der Waals surface area contributed by atoms with Gasteiger partial charge in [-0.15, -0.1) is 0 Å². The Kier molecular flexibility index (Phi) is 4.96. The van der Waals surface area contributed by atoms with Gasteiger partial charge in [-0.05, 0) is 32.9 Å². The van der Waals surface area contributed by atoms with Crippen LogP contribution in [-0.4, -0.2) is 40.8 Å². The molecule has 2 atom stereocenters. The van der Waals surface area contributed by atoms with Crippen LogP contribution in [-0.2, 0) is 14.3 Å². The first-order valence-corrected chi connectivity index (χ1v) is 7.44. The molecule has 1 aliphatic heterocycles. The molecule has 3 N–H and O–H groups in total. The van der Waals surface area contributed by atoms with Crippen molar-refractivity contribution in [2.45, 2.75) is 44.9 Å². The highest BCUT2D eigenvalue weighted by Gasteiger charge is 2.34. The lowest BCUT2D eigenvalue weighted by Crippen LogP contribution is -2.48. The third kappa shape index (κ3) is 4.61. The Balaban J connectivity index is 2.04. The number of nitrogens with one attached hydrogen (secondary N) is 2. The summed E-state index contributed by atoms with van der Waals surface area (Å²) in [6.07, 6.45) is -2.13. The minimum absolute atomic E-state index is 0.227. The van der Waals surface area contributed by atoms with Gasteiger partial charge in [-0.3, -0.25) is 4.79 Å². The molecule has 1 heterocycles. The van der Waals surface area contributed by atoms with Crippen LogP contribution < -0.4 is 15.4 Å². The fourth-order valence-corrected chi connectivity index (χ4v) is 2.13. The monoisotopic (exact) mass is 336 g/mol. The molecule has 0 aromatic heterocycles. The zero-order valence-corrected chi connectivity index (χ0v) is 13.7. The zero-order valence-electron chi connectivity index (χ0n) is 13.7. The average molecular weight is 336 g/mol. The number of alkyl carbamates (subject to hydrolysis) is 1. The Bertz CT molecular complexity index is 652. The Hall–Kier alpha value is -2.77. The number of hydrogen-bond acceptors (Lipinski definition) is 5. The topological polar surface area (TPSA) is 114 Å². The maximum atomic E-state index is 12.1. The number of para-hydroxylation sites is 2. The molecule has 0 aliphatic carbocycles. The van der Waals surface area contributed by atoms with Crippen LogP contribution >= 0.6 is 0 Å². The second kappa shape index (κ2) is 6.77. The van der Waals surface area contributed by atoms with E-state index < -0.39 is 35.7 Å². The first-order chi connectivity index (χ1) is 11.2. The van der Waals surface area contributed by atoms with E-state index in [1.54, 1.807) is 45.0 Å². The van der Waals surface area contributed by atoms with Crippen molar-refractivity contribution >= 4 is 23.7 Å². The third-order valence-electron chi connectivity index (χ3n) is 3.15. The van der Waals surface area contributed by atoms with Gasteiger partial charge in [0.25, 0.3) is 5.91 Å². The average Bonchev–Trinajstić information content (AvgIpc) is 2.45. The minimum atomic E-state index is -1.32. The second-order valence-corrected chi connectivity index (χ2v) is 6.36. The number of aliphatic carboxylic acids is 1. The van der Waals surface area contributed by atoms with Gasteiger partial charge in [0.2, 0.25) is 0 Å². The number of rotatable bonds is 4. The summed E-state index contributed by atoms with van der Waals surface area (Å²) in [5.41, 5.74) is -0.240. The van der Waals surface area contributed by atoms with Crippen molar-refractivity contribution < 1.29 is 29.0 Å². The number of carbonyl (C=O) groups excluding carboxylic acids is 2. The highest BCUT2D eigenvalue weighted by molar-refractivity contribution is 5.98. The zero-order chi connectivity index (χ0) is 17.9. The van der Waals surface area contributed by atoms with Crippen LogP contribution in [0.15, 0.2) is 24.3 Å². The summed E-state index contributed by atoms with van der Waals surface area (Å²) in [5.74, 6) is -1.30. The van der Waals surface area contributed by atoms with Gasteiger partial charge in [0.15, 0.2) is 6.10 Å². The normalized spacial score (nSPS) is 17.8. The molecule has 1 aliphatic rings. The van der Waals surface area contributed by atoms with Crippen LogP contribution in [0.25, 0.3) is 0 Å². The minimum Gasteiger partial charge on any atom is -0.480 e. The Labute approximate surface area is 139 Å². The molecule has 2 rings (SSSR count). The summed E-state index contributed by atoms with van der Waals surface area (Å²) in [7, 11) is 0. The number of benzene rings is 1. The maximum absolute atomic E-state index is 12.1. The predicted octanol–water partition coefficient (Wildman–Crippen LogP) is 1.75. The van der Waals surface area contributed by atoms with Gasteiger partial charge in [0.1, 0.15) is 17.4 Å². The van der Waals surface area contributed by atoms with Crippen molar-refractivity contribution in [3.8, 4) is 5.75 Å². The summed E-state index contributed by atoms with van der Waals surface area (Å²) in [5, 5.41) is 14.2. The molecule has 130 valence electrons. The van der Waals surface area contributed by atoms with Gasteiger partial charge >= 0.3 is 12.1 Å². The van der Waals surface area contributed by atoms with E-state index in [9.17, 15) is 19.5 Å². The van der Waals surface area contributed by atoms with E-state index in [-0.39, 0.29) is 6.42 Å². The number of hydrogen-bond donors (Lipinski definition) is 3. The van der Waals surface area contributed by atoms with Crippen LogP contribution in [0.4, 0.5) is 10.5 Å². The Morgan fingerprint density at radius 3 is 2.67 bits per heavy atom. The number of amides is 2. The summed E-state index contributed by atoms with van der Waals surface area (Å²) in [6, 6.07) is 5.50. The molecule has 0 spiro atoms. The Morgan fingerprint density at radius 2 is 2.04 bits per heavy atom. The lowest BCUT2D eigenvalue weighted by molar-refractivity contribution is -0.140. The third-order valence-corrected chi connectivity index (χ3v) is 3.15. The van der Waals surface area contributed by atoms with Gasteiger partial charge in [-0.25, -0.2) is 9.59 Å². The molecule has 0 saturated carbocycles. The van der Waals surface area contributed by atoms with Crippen molar-refractivity contribution in [2.75, 3.05) is 5.32 Å². The van der Waals surface area contributed by atoms with Crippen LogP contribution in [0, 0.1) is 0 Å². The predicted molar refractivity (Wildman–Crippen MR) is 84.9 cm³/mol. The molecule has 0 radical (unpaired) electrons. The van der Waals surface area contributed by atoms with E-state index in [0.29, 0.717) is 11.4 Å². The lowest BCUT2D eigenvalue weighted by Gasteiger charge is -2.28. The first kappa shape index (κ1) is 17.6. The van der Waals surface area contributed by atoms with Gasteiger partial charge < -0.3 is 25.2 Å². The summed E-state index contributed by atoms with van der Waals surface area (Å²) in [4.78, 5) is 35.2. The van der Waals surface area contributed by atoms with Crippen molar-refractivity contribution in [1.29, 1.82) is 0 Å². The van der Waals surface area contributed by atoms with Crippen LogP contribution in [0.3, 0.4) is 0 Å². The fraction of sp³-hybridized carbons (Fsp3) is 0.438. The van der Waals surface area contributed by atoms with E-state index in [2.05, 4.69) is 10.6 Å². The van der Waals surface area contributed by atoms with Crippen LogP contribution in [0.5, 0.6) is 5.75 Å². The molecule has 1 aromatic carbocycles. The SMILES string of the molecule is CC(C)(C)OC(=O)NC(C[C@@H]1Oc2ccccc2NC1=O)C(=O)O. The first-order valence-electron chi connectivity index (χ1n) is 7.44. The molecule has 0 bridgehead atoms. The van der Waals surface area contributed by atoms with Gasteiger partial charge in [-0.1, -0.05) is 12.1 Å². The molecule has 24 heavy (non-hydrogen) atoms. The fourth-order valence-electron chi connectivity index (χ4n) is 2.13. The molecule has 2 amide bonds. The molecule has 8 nitrogen and oxygen atoms in total. The lowest BCUT2D eigenvalue weighted by atomic mass is 10.1. The van der Waals surface area contributed by atoms with E-state index in [4.69, 9.17) is 9.47 Å². The number of carboxylic acid groups (broad SMARTS) is 1. The number of anilines is 1. The highest BCUT2D eigenvalue weighted by Crippen LogP contribution is 2.29. The van der Waals surface area contributed by atoms with E-state index in [0.717, 1.165) is 0 Å². The van der Waals surface area contributed by atoms with Crippen molar-refractivity contribution in [1.82, 2.24) is 5.32 Å². The second-order valence-electron chi connectivity index (χ2n) is 6.36. The molecule has 1 unspecified atom stereocenters. The molecule has 8 heteroatoms. The molecular formula is C16H20N2O6. The number of ether oxygens (including phenoxy) is 2. The van der Waals surface area contributed by atoms with Gasteiger partial charge in [0.05, 0.1) is 5.69 Å². The Morgan fingerprint density at radius 1 is 1.38 bits per heavy atom. The van der Waals surface area contributed by atoms with E-state index in [1.165, 1.54) is 0 Å². The van der Waals surface area contributed by atoms with Gasteiger partial charge in [0, 0.05) is 6.42 Å². The van der Waals surface area contributed by atoms with E-state index >= 15 is 0 Å². The van der Waals surface area contributed by atoms with Gasteiger partial charge in [-0.2, -0.15) is 0 Å². The molecule has 1 aromatic rings. The summed E-state index contributed by atoms with van der Waals surface area (Å²) >= 11 is 0. The number of carboxylic acids is 1. The van der Waals surface area contributed by atoms with Crippen molar-refractivity contribution in [3.63, 3.8) is 0 Å². The molecular weight excluding hydrogens is 316 g/mol. The smallest absolute Gasteiger partial charge is 0.408 e. The van der Waals surface area contributed by atoms with Crippen molar-refractivity contribution in [2.24, 2.45) is 0 Å².